The Labute approximate surface area is 116 Å². The third-order valence-electron chi connectivity index (χ3n) is 2.96. The Balaban J connectivity index is 2.22. The minimum absolute atomic E-state index is 0.00375. The number of hydrogen-bond acceptors (Lipinski definition) is 4. The van der Waals surface area contributed by atoms with Crippen LogP contribution in [0.5, 0.6) is 0 Å². The maximum atomic E-state index is 12.4. The van der Waals surface area contributed by atoms with Crippen molar-refractivity contribution < 1.29 is 4.79 Å². The molecule has 5 heteroatoms. The first-order chi connectivity index (χ1) is 8.63. The van der Waals surface area contributed by atoms with Gasteiger partial charge in [-0.3, -0.25) is 4.79 Å². The van der Waals surface area contributed by atoms with E-state index >= 15 is 0 Å². The number of nitriles is 1. The van der Waals surface area contributed by atoms with Crippen molar-refractivity contribution in [2.45, 2.75) is 32.1 Å². The number of amides is 1. The highest BCUT2D eigenvalue weighted by molar-refractivity contribution is 7.98. The van der Waals surface area contributed by atoms with Crippen LogP contribution in [-0.2, 0) is 12.2 Å². The fourth-order valence-corrected chi connectivity index (χ4v) is 4.29. The molecule has 1 amide bonds. The molecule has 18 heavy (non-hydrogen) atoms. The first-order valence-electron chi connectivity index (χ1n) is 6.00. The molecule has 2 heterocycles. The number of fused-ring (bicyclic) bond motifs is 1. The number of thiophene rings is 1. The van der Waals surface area contributed by atoms with Crippen LogP contribution in [0.25, 0.3) is 0 Å². The monoisotopic (exact) mass is 280 g/mol. The summed E-state index contributed by atoms with van der Waals surface area (Å²) in [7, 11) is 0. The van der Waals surface area contributed by atoms with Gasteiger partial charge in [-0.2, -0.15) is 17.0 Å². The molecule has 96 valence electrons. The van der Waals surface area contributed by atoms with Gasteiger partial charge in [0.05, 0.1) is 10.9 Å². The summed E-state index contributed by atoms with van der Waals surface area (Å²) >= 11 is 3.52. The number of thioether (sulfide) groups is 1. The van der Waals surface area contributed by atoms with Crippen LogP contribution in [0.2, 0.25) is 0 Å². The molecule has 0 saturated heterocycles. The Hall–Kier alpha value is -0.990. The van der Waals surface area contributed by atoms with Gasteiger partial charge in [-0.05, 0) is 37.7 Å². The molecule has 0 aliphatic carbocycles. The minimum Gasteiger partial charge on any atom is -0.322 e. The summed E-state index contributed by atoms with van der Waals surface area (Å²) in [6.45, 7) is 4.05. The number of nitrogens with zero attached hydrogens (tertiary/aromatic N) is 2. The summed E-state index contributed by atoms with van der Waals surface area (Å²) in [6.07, 6.45) is 1.07. The highest BCUT2D eigenvalue weighted by Crippen LogP contribution is 2.32. The van der Waals surface area contributed by atoms with E-state index in [4.69, 9.17) is 5.26 Å². The zero-order valence-corrected chi connectivity index (χ0v) is 12.2. The molecule has 3 nitrogen and oxygen atoms in total. The Morgan fingerprint density at radius 1 is 1.61 bits per heavy atom. The van der Waals surface area contributed by atoms with E-state index in [1.165, 1.54) is 10.4 Å². The van der Waals surface area contributed by atoms with E-state index < -0.39 is 0 Å². The van der Waals surface area contributed by atoms with Crippen molar-refractivity contribution in [1.29, 1.82) is 5.26 Å². The summed E-state index contributed by atoms with van der Waals surface area (Å²) in [5, 5.41) is 8.80. The summed E-state index contributed by atoms with van der Waals surface area (Å²) in [6, 6.07) is 4.14. The average Bonchev–Trinajstić information content (AvgIpc) is 2.78. The van der Waals surface area contributed by atoms with E-state index in [1.54, 1.807) is 16.2 Å². The van der Waals surface area contributed by atoms with Gasteiger partial charge in [0.2, 0.25) is 0 Å². The highest BCUT2D eigenvalue weighted by Gasteiger charge is 2.23. The zero-order chi connectivity index (χ0) is 13.1. The maximum absolute atomic E-state index is 12.4. The molecule has 0 bridgehead atoms. The van der Waals surface area contributed by atoms with Crippen LogP contribution in [0.15, 0.2) is 6.07 Å². The molecule has 0 radical (unpaired) electrons. The molecule has 0 unspecified atom stereocenters. The third kappa shape index (κ3) is 2.70. The minimum atomic E-state index is -0.00375. The van der Waals surface area contributed by atoms with Gasteiger partial charge >= 0.3 is 0 Å². The molecule has 1 aromatic heterocycles. The quantitative estimate of drug-likeness (QED) is 0.800. The van der Waals surface area contributed by atoms with Crippen LogP contribution in [0, 0.1) is 11.3 Å². The van der Waals surface area contributed by atoms with Gasteiger partial charge in [-0.25, -0.2) is 0 Å². The lowest BCUT2D eigenvalue weighted by atomic mass is 10.2. The smallest absolute Gasteiger partial charge is 0.265 e. The molecule has 1 aromatic rings. The average molecular weight is 280 g/mol. The van der Waals surface area contributed by atoms with Gasteiger partial charge in [0.1, 0.15) is 6.54 Å². The summed E-state index contributed by atoms with van der Waals surface area (Å²) in [4.78, 5) is 16.1. The Morgan fingerprint density at radius 3 is 3.00 bits per heavy atom. The second kappa shape index (κ2) is 5.77. The summed E-state index contributed by atoms with van der Waals surface area (Å²) in [5.41, 5.74) is 1.31. The molecule has 0 fully saturated rings. The van der Waals surface area contributed by atoms with Crippen molar-refractivity contribution in [3.05, 3.63) is 21.4 Å². The number of rotatable bonds is 3. The number of carbonyl (C=O) groups is 1. The molecule has 0 atom stereocenters. The van der Waals surface area contributed by atoms with Crippen LogP contribution in [0.1, 0.15) is 34.0 Å². The van der Waals surface area contributed by atoms with Crippen molar-refractivity contribution in [1.82, 2.24) is 4.90 Å². The van der Waals surface area contributed by atoms with E-state index in [2.05, 4.69) is 6.07 Å². The predicted octanol–water partition coefficient (Wildman–Crippen LogP) is 2.91. The van der Waals surface area contributed by atoms with Crippen LogP contribution in [-0.4, -0.2) is 29.1 Å². The van der Waals surface area contributed by atoms with Crippen molar-refractivity contribution in [2.24, 2.45) is 0 Å². The predicted molar refractivity (Wildman–Crippen MR) is 76.0 cm³/mol. The van der Waals surface area contributed by atoms with Gasteiger partial charge in [0, 0.05) is 16.7 Å². The highest BCUT2D eigenvalue weighted by atomic mass is 32.2. The van der Waals surface area contributed by atoms with Crippen molar-refractivity contribution in [3.63, 3.8) is 0 Å². The van der Waals surface area contributed by atoms with Crippen LogP contribution in [0.3, 0.4) is 0 Å². The van der Waals surface area contributed by atoms with E-state index in [0.717, 1.165) is 22.8 Å². The fraction of sp³-hybridized carbons (Fsp3) is 0.538. The Kier molecular flexibility index (Phi) is 4.31. The van der Waals surface area contributed by atoms with Crippen LogP contribution in [0.4, 0.5) is 0 Å². The zero-order valence-electron chi connectivity index (χ0n) is 10.6. The second-order valence-electron chi connectivity index (χ2n) is 4.55. The molecule has 2 rings (SSSR count). The van der Waals surface area contributed by atoms with Gasteiger partial charge < -0.3 is 4.90 Å². The number of aryl methyl sites for hydroxylation is 1. The first kappa shape index (κ1) is 13.4. The molecule has 1 aliphatic rings. The standard InChI is InChI=1S/C13H16N2OS2/c1-9(2)15(5-4-14)13(16)12-7-10-8-17-6-3-11(10)18-12/h7,9H,3,5-6,8H2,1-2H3. The van der Waals surface area contributed by atoms with E-state index in [9.17, 15) is 4.79 Å². The second-order valence-corrected chi connectivity index (χ2v) is 6.79. The lowest BCUT2D eigenvalue weighted by Crippen LogP contribution is -2.36. The maximum Gasteiger partial charge on any atom is 0.265 e. The molecule has 0 saturated carbocycles. The van der Waals surface area contributed by atoms with Crippen LogP contribution < -0.4 is 0 Å². The van der Waals surface area contributed by atoms with E-state index in [-0.39, 0.29) is 18.5 Å². The summed E-state index contributed by atoms with van der Waals surface area (Å²) < 4.78 is 0. The number of hydrogen-bond donors (Lipinski definition) is 0. The van der Waals surface area contributed by atoms with Gasteiger partial charge in [-0.15, -0.1) is 11.3 Å². The van der Waals surface area contributed by atoms with Crippen molar-refractivity contribution in [2.75, 3.05) is 12.3 Å². The SMILES string of the molecule is CC(C)N(CC#N)C(=O)c1cc2c(s1)CCSC2. The number of carbonyl (C=O) groups excluding carboxylic acids is 1. The Bertz CT molecular complexity index is 464. The lowest BCUT2D eigenvalue weighted by molar-refractivity contribution is 0.0736. The molecular formula is C13H16N2OS2. The Morgan fingerprint density at radius 2 is 2.39 bits per heavy atom. The normalized spacial score (nSPS) is 14.1. The molecular weight excluding hydrogens is 264 g/mol. The summed E-state index contributed by atoms with van der Waals surface area (Å²) in [5.74, 6) is 2.16. The van der Waals surface area contributed by atoms with Gasteiger partial charge in [-0.1, -0.05) is 0 Å². The fourth-order valence-electron chi connectivity index (χ4n) is 1.96. The van der Waals surface area contributed by atoms with Crippen LogP contribution >= 0.6 is 23.1 Å². The van der Waals surface area contributed by atoms with Gasteiger partial charge in [0.25, 0.3) is 5.91 Å². The molecule has 0 aromatic carbocycles. The first-order valence-corrected chi connectivity index (χ1v) is 7.98. The molecule has 0 N–H and O–H groups in total. The lowest BCUT2D eigenvalue weighted by Gasteiger charge is -2.22. The van der Waals surface area contributed by atoms with E-state index in [1.807, 2.05) is 31.7 Å². The molecule has 1 aliphatic heterocycles. The van der Waals surface area contributed by atoms with Gasteiger partial charge in [0.15, 0.2) is 0 Å². The van der Waals surface area contributed by atoms with Crippen molar-refractivity contribution in [3.8, 4) is 6.07 Å². The third-order valence-corrected chi connectivity index (χ3v) is 5.20. The van der Waals surface area contributed by atoms with E-state index in [0.29, 0.717) is 0 Å². The largest absolute Gasteiger partial charge is 0.322 e. The molecule has 0 spiro atoms. The topological polar surface area (TPSA) is 44.1 Å². The van der Waals surface area contributed by atoms with Crippen molar-refractivity contribution >= 4 is 29.0 Å².